The maximum absolute atomic E-state index is 11.1. The largest absolute Gasteiger partial charge is 0.466 e. The van der Waals surface area contributed by atoms with E-state index in [2.05, 4.69) is 4.98 Å². The number of hydrogen-bond donors (Lipinski definition) is 0. The van der Waals surface area contributed by atoms with E-state index in [9.17, 15) is 4.79 Å². The molecule has 0 fully saturated rings. The van der Waals surface area contributed by atoms with E-state index in [-0.39, 0.29) is 22.7 Å². The van der Waals surface area contributed by atoms with E-state index in [1.165, 1.54) is 0 Å². The Morgan fingerprint density at radius 2 is 2.00 bits per heavy atom. The molecule has 1 rings (SSSR count). The van der Waals surface area contributed by atoms with E-state index < -0.39 is 0 Å². The standard InChI is InChI=1S/C9H9Cl2NO2/c1-2-14-9(13)5-6-3-7(10)12-8(11)4-6/h3-4H,2,5H2,1H3. The number of hydrogen-bond acceptors (Lipinski definition) is 3. The molecule has 14 heavy (non-hydrogen) atoms. The molecule has 1 aromatic rings. The SMILES string of the molecule is CCOC(=O)Cc1cc(Cl)nc(Cl)c1. The summed E-state index contributed by atoms with van der Waals surface area (Å²) in [4.78, 5) is 14.9. The minimum Gasteiger partial charge on any atom is -0.466 e. The van der Waals surface area contributed by atoms with Crippen molar-refractivity contribution in [2.75, 3.05) is 6.61 Å². The molecule has 0 radical (unpaired) electrons. The molecule has 0 bridgehead atoms. The second-order valence-corrected chi connectivity index (χ2v) is 3.38. The minimum atomic E-state index is -0.300. The number of esters is 1. The van der Waals surface area contributed by atoms with Crippen molar-refractivity contribution in [1.82, 2.24) is 4.98 Å². The Morgan fingerprint density at radius 3 is 2.50 bits per heavy atom. The summed E-state index contributed by atoms with van der Waals surface area (Å²) in [6, 6.07) is 3.18. The molecule has 76 valence electrons. The number of nitrogens with zero attached hydrogens (tertiary/aromatic N) is 1. The number of carbonyl (C=O) groups excluding carboxylic acids is 1. The van der Waals surface area contributed by atoms with Crippen molar-refractivity contribution in [2.24, 2.45) is 0 Å². The van der Waals surface area contributed by atoms with E-state index in [4.69, 9.17) is 27.9 Å². The number of rotatable bonds is 3. The van der Waals surface area contributed by atoms with Crippen LogP contribution in [0, 0.1) is 0 Å². The maximum atomic E-state index is 11.1. The lowest BCUT2D eigenvalue weighted by molar-refractivity contribution is -0.142. The molecule has 0 aliphatic heterocycles. The van der Waals surface area contributed by atoms with Gasteiger partial charge in [-0.25, -0.2) is 4.98 Å². The van der Waals surface area contributed by atoms with Crippen LogP contribution in [0.15, 0.2) is 12.1 Å². The van der Waals surface area contributed by atoms with Crippen LogP contribution in [0.5, 0.6) is 0 Å². The van der Waals surface area contributed by atoms with E-state index >= 15 is 0 Å². The maximum Gasteiger partial charge on any atom is 0.310 e. The van der Waals surface area contributed by atoms with Crippen LogP contribution in [0.25, 0.3) is 0 Å². The molecule has 1 heterocycles. The molecule has 0 spiro atoms. The quantitative estimate of drug-likeness (QED) is 0.595. The zero-order valence-electron chi connectivity index (χ0n) is 7.59. The lowest BCUT2D eigenvalue weighted by Gasteiger charge is -2.02. The smallest absolute Gasteiger partial charge is 0.310 e. The second kappa shape index (κ2) is 5.17. The van der Waals surface area contributed by atoms with E-state index in [0.717, 1.165) is 0 Å². The Hall–Kier alpha value is -0.800. The fourth-order valence-corrected chi connectivity index (χ4v) is 1.50. The van der Waals surface area contributed by atoms with Gasteiger partial charge in [0.1, 0.15) is 10.3 Å². The van der Waals surface area contributed by atoms with E-state index in [1.807, 2.05) is 0 Å². The van der Waals surface area contributed by atoms with Crippen LogP contribution in [0.2, 0.25) is 10.3 Å². The fraction of sp³-hybridized carbons (Fsp3) is 0.333. The number of pyridine rings is 1. The molecule has 0 saturated heterocycles. The predicted octanol–water partition coefficient (Wildman–Crippen LogP) is 2.49. The molecule has 0 saturated carbocycles. The first-order chi connectivity index (χ1) is 6.61. The Morgan fingerprint density at radius 1 is 1.43 bits per heavy atom. The molecule has 3 nitrogen and oxygen atoms in total. The van der Waals surface area contributed by atoms with Crippen molar-refractivity contribution in [3.63, 3.8) is 0 Å². The van der Waals surface area contributed by atoms with Gasteiger partial charge in [0.2, 0.25) is 0 Å². The molecule has 0 aromatic carbocycles. The van der Waals surface area contributed by atoms with Gasteiger partial charge in [-0.05, 0) is 24.6 Å². The number of halogens is 2. The van der Waals surface area contributed by atoms with Crippen LogP contribution in [0.3, 0.4) is 0 Å². The van der Waals surface area contributed by atoms with Gasteiger partial charge in [-0.2, -0.15) is 0 Å². The van der Waals surface area contributed by atoms with Gasteiger partial charge >= 0.3 is 5.97 Å². The summed E-state index contributed by atoms with van der Waals surface area (Å²) in [5, 5.41) is 0.550. The minimum absolute atomic E-state index is 0.162. The van der Waals surface area contributed by atoms with Crippen molar-refractivity contribution < 1.29 is 9.53 Å². The lowest BCUT2D eigenvalue weighted by Crippen LogP contribution is -2.07. The Kier molecular flexibility index (Phi) is 4.17. The monoisotopic (exact) mass is 233 g/mol. The van der Waals surface area contributed by atoms with Crippen LogP contribution < -0.4 is 0 Å². The Labute approximate surface area is 92.0 Å². The van der Waals surface area contributed by atoms with Gasteiger partial charge in [-0.1, -0.05) is 23.2 Å². The van der Waals surface area contributed by atoms with Crippen molar-refractivity contribution in [3.05, 3.63) is 28.0 Å². The highest BCUT2D eigenvalue weighted by Gasteiger charge is 2.06. The summed E-state index contributed by atoms with van der Waals surface area (Å²) in [6.45, 7) is 2.12. The number of carbonyl (C=O) groups is 1. The van der Waals surface area contributed by atoms with Crippen LogP contribution in [0.1, 0.15) is 12.5 Å². The number of aromatic nitrogens is 1. The molecule has 0 unspecified atom stereocenters. The molecule has 0 aliphatic rings. The van der Waals surface area contributed by atoms with Crippen molar-refractivity contribution in [3.8, 4) is 0 Å². The molecule has 1 aromatic heterocycles. The summed E-state index contributed by atoms with van der Waals surface area (Å²) >= 11 is 11.3. The van der Waals surface area contributed by atoms with Gasteiger partial charge in [-0.15, -0.1) is 0 Å². The van der Waals surface area contributed by atoms with Crippen LogP contribution in [-0.2, 0) is 16.0 Å². The van der Waals surface area contributed by atoms with E-state index in [0.29, 0.717) is 12.2 Å². The highest BCUT2D eigenvalue weighted by atomic mass is 35.5. The third-order valence-electron chi connectivity index (χ3n) is 1.48. The summed E-state index contributed by atoms with van der Waals surface area (Å²) in [5.74, 6) is -0.300. The molecule has 0 atom stereocenters. The zero-order valence-corrected chi connectivity index (χ0v) is 9.10. The molecular formula is C9H9Cl2NO2. The first kappa shape index (κ1) is 11.3. The fourth-order valence-electron chi connectivity index (χ4n) is 0.995. The summed E-state index contributed by atoms with van der Waals surface area (Å²) in [7, 11) is 0. The number of ether oxygens (including phenoxy) is 1. The van der Waals surface area contributed by atoms with Gasteiger partial charge in [-0.3, -0.25) is 4.79 Å². The third kappa shape index (κ3) is 3.52. The van der Waals surface area contributed by atoms with Gasteiger partial charge in [0, 0.05) is 0 Å². The molecular weight excluding hydrogens is 225 g/mol. The highest BCUT2D eigenvalue weighted by molar-refractivity contribution is 6.32. The zero-order chi connectivity index (χ0) is 10.6. The average molecular weight is 234 g/mol. The van der Waals surface area contributed by atoms with Gasteiger partial charge in [0.15, 0.2) is 0 Å². The lowest BCUT2D eigenvalue weighted by atomic mass is 10.2. The van der Waals surface area contributed by atoms with Crippen molar-refractivity contribution in [2.45, 2.75) is 13.3 Å². The van der Waals surface area contributed by atoms with E-state index in [1.54, 1.807) is 19.1 Å². The topological polar surface area (TPSA) is 39.2 Å². The second-order valence-electron chi connectivity index (χ2n) is 2.60. The Balaban J connectivity index is 2.71. The normalized spacial score (nSPS) is 9.93. The summed E-state index contributed by atoms with van der Waals surface area (Å²) in [6.07, 6.45) is 0.162. The third-order valence-corrected chi connectivity index (χ3v) is 1.86. The first-order valence-electron chi connectivity index (χ1n) is 4.09. The Bertz CT molecular complexity index is 321. The van der Waals surface area contributed by atoms with Crippen molar-refractivity contribution in [1.29, 1.82) is 0 Å². The van der Waals surface area contributed by atoms with Crippen LogP contribution in [0.4, 0.5) is 0 Å². The van der Waals surface area contributed by atoms with Crippen LogP contribution in [-0.4, -0.2) is 17.6 Å². The summed E-state index contributed by atoms with van der Waals surface area (Å²) < 4.78 is 4.78. The molecule has 0 aliphatic carbocycles. The molecule has 0 N–H and O–H groups in total. The molecule has 5 heteroatoms. The van der Waals surface area contributed by atoms with Gasteiger partial charge < -0.3 is 4.74 Å². The predicted molar refractivity (Wildman–Crippen MR) is 54.6 cm³/mol. The first-order valence-corrected chi connectivity index (χ1v) is 4.85. The van der Waals surface area contributed by atoms with Crippen molar-refractivity contribution >= 4 is 29.2 Å². The summed E-state index contributed by atoms with van der Waals surface area (Å²) in [5.41, 5.74) is 0.702. The van der Waals surface area contributed by atoms with Crippen LogP contribution >= 0.6 is 23.2 Å². The average Bonchev–Trinajstić information content (AvgIpc) is 2.01. The molecule has 0 amide bonds. The van der Waals surface area contributed by atoms with Gasteiger partial charge in [0.25, 0.3) is 0 Å². The highest BCUT2D eigenvalue weighted by Crippen LogP contribution is 2.15. The van der Waals surface area contributed by atoms with Gasteiger partial charge in [0.05, 0.1) is 13.0 Å².